The normalized spacial score (nSPS) is 31.9. The van der Waals surface area contributed by atoms with Gasteiger partial charge in [-0.25, -0.2) is 9.59 Å². The van der Waals surface area contributed by atoms with E-state index >= 15 is 0 Å². The summed E-state index contributed by atoms with van der Waals surface area (Å²) in [6, 6.07) is -1.96. The van der Waals surface area contributed by atoms with Crippen LogP contribution in [0.3, 0.4) is 0 Å². The number of rotatable bonds is 3. The van der Waals surface area contributed by atoms with Crippen LogP contribution in [-0.2, 0) is 28.6 Å². The summed E-state index contributed by atoms with van der Waals surface area (Å²) in [4.78, 5) is 53.2. The Kier molecular flexibility index (Phi) is 8.42. The van der Waals surface area contributed by atoms with Gasteiger partial charge in [-0.05, 0) is 47.0 Å². The van der Waals surface area contributed by atoms with Gasteiger partial charge >= 0.3 is 12.1 Å². The first-order chi connectivity index (χ1) is 16.5. The minimum absolute atomic E-state index is 0.0270. The molecule has 0 spiro atoms. The maximum atomic E-state index is 13.5. The molecule has 0 aromatic heterocycles. The minimum atomic E-state index is -1.21. The number of hydrogen-bond donors (Lipinski definition) is 3. The van der Waals surface area contributed by atoms with Crippen LogP contribution in [0.5, 0.6) is 0 Å². The lowest BCUT2D eigenvalue weighted by Gasteiger charge is -2.30. The van der Waals surface area contributed by atoms with Crippen LogP contribution in [0, 0.1) is 5.92 Å². The molecule has 0 aromatic rings. The van der Waals surface area contributed by atoms with Gasteiger partial charge in [0.15, 0.2) is 0 Å². The Morgan fingerprint density at radius 3 is 2.77 bits per heavy atom. The molecular formula is C24H37N3O8. The van der Waals surface area contributed by atoms with Crippen LogP contribution >= 0.6 is 0 Å². The van der Waals surface area contributed by atoms with Crippen molar-refractivity contribution in [2.75, 3.05) is 26.4 Å². The van der Waals surface area contributed by atoms with Gasteiger partial charge in [0, 0.05) is 25.5 Å². The summed E-state index contributed by atoms with van der Waals surface area (Å²) >= 11 is 0. The average Bonchev–Trinajstić information content (AvgIpc) is 3.30. The molecule has 3 rings (SSSR count). The highest BCUT2D eigenvalue weighted by Crippen LogP contribution is 2.46. The van der Waals surface area contributed by atoms with E-state index in [2.05, 4.69) is 10.6 Å². The number of amides is 3. The van der Waals surface area contributed by atoms with E-state index in [-0.39, 0.29) is 31.9 Å². The third-order valence-corrected chi connectivity index (χ3v) is 6.22. The van der Waals surface area contributed by atoms with Crippen molar-refractivity contribution in [1.29, 1.82) is 0 Å². The van der Waals surface area contributed by atoms with Crippen LogP contribution < -0.4 is 10.6 Å². The lowest BCUT2D eigenvalue weighted by Crippen LogP contribution is -2.56. The van der Waals surface area contributed by atoms with Crippen molar-refractivity contribution in [2.45, 2.75) is 82.7 Å². The summed E-state index contributed by atoms with van der Waals surface area (Å²) in [7, 11) is 0. The van der Waals surface area contributed by atoms with Crippen molar-refractivity contribution in [2.24, 2.45) is 5.92 Å². The second-order valence-corrected chi connectivity index (χ2v) is 10.2. The van der Waals surface area contributed by atoms with Gasteiger partial charge in [-0.1, -0.05) is 12.2 Å². The predicted molar refractivity (Wildman–Crippen MR) is 124 cm³/mol. The molecule has 0 aromatic carbocycles. The van der Waals surface area contributed by atoms with Crippen LogP contribution in [0.25, 0.3) is 0 Å². The highest BCUT2D eigenvalue weighted by atomic mass is 16.6. The van der Waals surface area contributed by atoms with Gasteiger partial charge in [0.05, 0.1) is 19.3 Å². The summed E-state index contributed by atoms with van der Waals surface area (Å²) in [5, 5.41) is 15.7. The molecule has 0 radical (unpaired) electrons. The Labute approximate surface area is 205 Å². The molecule has 35 heavy (non-hydrogen) atoms. The first-order valence-corrected chi connectivity index (χ1v) is 12.2. The van der Waals surface area contributed by atoms with Crippen LogP contribution in [0.4, 0.5) is 4.79 Å². The van der Waals surface area contributed by atoms with E-state index in [4.69, 9.17) is 14.2 Å². The SMILES string of the molecule is CCOC(=O)[C@@]12C[C@H]1C=CCOCCC[C@H](NC(=O)OC(C)(C)C)C(=O)N1C[C@H](O)C[C@H]1C(=O)N2. The van der Waals surface area contributed by atoms with E-state index in [1.54, 1.807) is 33.8 Å². The highest BCUT2D eigenvalue weighted by molar-refractivity contribution is 5.96. The van der Waals surface area contributed by atoms with Gasteiger partial charge in [0.1, 0.15) is 23.2 Å². The Balaban J connectivity index is 1.84. The number of hydrogen-bond acceptors (Lipinski definition) is 8. The Hall–Kier alpha value is -2.66. The monoisotopic (exact) mass is 495 g/mol. The number of fused-ring (bicyclic) bond motifs is 2. The van der Waals surface area contributed by atoms with Crippen molar-refractivity contribution in [3.05, 3.63) is 12.2 Å². The molecule has 11 heteroatoms. The fraction of sp³-hybridized carbons (Fsp3) is 0.750. The van der Waals surface area contributed by atoms with Crippen molar-refractivity contribution >= 4 is 23.9 Å². The van der Waals surface area contributed by atoms with E-state index in [1.807, 2.05) is 6.08 Å². The molecule has 1 saturated carbocycles. The molecule has 1 aliphatic carbocycles. The maximum Gasteiger partial charge on any atom is 0.408 e. The summed E-state index contributed by atoms with van der Waals surface area (Å²) in [6.45, 7) is 7.60. The maximum absolute atomic E-state index is 13.5. The summed E-state index contributed by atoms with van der Waals surface area (Å²) < 4.78 is 16.1. The highest BCUT2D eigenvalue weighted by Gasteiger charge is 2.62. The number of carbonyl (C=O) groups is 4. The van der Waals surface area contributed by atoms with Gasteiger partial charge in [0.2, 0.25) is 11.8 Å². The molecule has 2 fully saturated rings. The molecule has 2 heterocycles. The second kappa shape index (κ2) is 10.9. The first-order valence-electron chi connectivity index (χ1n) is 12.2. The average molecular weight is 496 g/mol. The third-order valence-electron chi connectivity index (χ3n) is 6.22. The quantitative estimate of drug-likeness (QED) is 0.382. The van der Waals surface area contributed by atoms with E-state index < -0.39 is 53.2 Å². The summed E-state index contributed by atoms with van der Waals surface area (Å²) in [5.74, 6) is -1.83. The number of ether oxygens (including phenoxy) is 3. The summed E-state index contributed by atoms with van der Waals surface area (Å²) in [6.07, 6.45) is 3.11. The molecule has 11 nitrogen and oxygen atoms in total. The lowest BCUT2D eigenvalue weighted by molar-refractivity contribution is -0.150. The van der Waals surface area contributed by atoms with Gasteiger partial charge in [-0.15, -0.1) is 0 Å². The third kappa shape index (κ3) is 6.72. The number of aliphatic hydroxyl groups is 1. The van der Waals surface area contributed by atoms with E-state index in [0.717, 1.165) is 0 Å². The van der Waals surface area contributed by atoms with Crippen molar-refractivity contribution in [3.63, 3.8) is 0 Å². The standard InChI is InChI=1S/C24H37N3O8/c1-5-34-21(31)24-13-15(24)8-6-10-33-11-7-9-17(25-22(32)35-23(2,3)4)20(30)27-14-16(28)12-18(27)19(29)26-24/h6,8,15-18,28H,5,7,9-14H2,1-4H3,(H,25,32)(H,26,29)/t15-,16-,17+,18+,24-/m1/s1. The first kappa shape index (κ1) is 26.9. The second-order valence-electron chi connectivity index (χ2n) is 10.2. The Bertz CT molecular complexity index is 854. The van der Waals surface area contributed by atoms with Gasteiger partial charge in [-0.3, -0.25) is 9.59 Å². The molecule has 3 N–H and O–H groups in total. The van der Waals surface area contributed by atoms with Crippen molar-refractivity contribution in [1.82, 2.24) is 15.5 Å². The van der Waals surface area contributed by atoms with E-state index in [1.165, 1.54) is 4.90 Å². The number of nitrogens with zero attached hydrogens (tertiary/aromatic N) is 1. The van der Waals surface area contributed by atoms with Gasteiger partial charge < -0.3 is 34.9 Å². The predicted octanol–water partition coefficient (Wildman–Crippen LogP) is 0.646. The van der Waals surface area contributed by atoms with Gasteiger partial charge in [0.25, 0.3) is 0 Å². The van der Waals surface area contributed by atoms with E-state index in [0.29, 0.717) is 26.1 Å². The lowest BCUT2D eigenvalue weighted by atomic mass is 10.1. The molecule has 0 unspecified atom stereocenters. The molecule has 196 valence electrons. The summed E-state index contributed by atoms with van der Waals surface area (Å²) in [5.41, 5.74) is -1.96. The number of nitrogens with one attached hydrogen (secondary N) is 2. The van der Waals surface area contributed by atoms with Gasteiger partial charge in [-0.2, -0.15) is 0 Å². The smallest absolute Gasteiger partial charge is 0.408 e. The molecule has 0 bridgehead atoms. The van der Waals surface area contributed by atoms with E-state index in [9.17, 15) is 24.3 Å². The van der Waals surface area contributed by atoms with Crippen LogP contribution in [0.1, 0.15) is 53.4 Å². The zero-order chi connectivity index (χ0) is 25.8. The number of aliphatic hydroxyl groups excluding tert-OH is 1. The van der Waals surface area contributed by atoms with Crippen LogP contribution in [-0.4, -0.2) is 89.6 Å². The Morgan fingerprint density at radius 2 is 2.09 bits per heavy atom. The largest absolute Gasteiger partial charge is 0.464 e. The zero-order valence-electron chi connectivity index (χ0n) is 20.9. The molecule has 3 aliphatic rings. The zero-order valence-corrected chi connectivity index (χ0v) is 20.9. The minimum Gasteiger partial charge on any atom is -0.464 e. The van der Waals surface area contributed by atoms with Crippen LogP contribution in [0.15, 0.2) is 12.2 Å². The topological polar surface area (TPSA) is 144 Å². The fourth-order valence-electron chi connectivity index (χ4n) is 4.49. The number of carbonyl (C=O) groups excluding carboxylic acids is 4. The van der Waals surface area contributed by atoms with Crippen LogP contribution in [0.2, 0.25) is 0 Å². The molecule has 5 atom stereocenters. The fourth-order valence-corrected chi connectivity index (χ4v) is 4.49. The molecular weight excluding hydrogens is 458 g/mol. The molecule has 3 amide bonds. The molecule has 1 saturated heterocycles. The van der Waals surface area contributed by atoms with Crippen molar-refractivity contribution in [3.8, 4) is 0 Å². The Morgan fingerprint density at radius 1 is 1.34 bits per heavy atom. The molecule has 2 aliphatic heterocycles. The number of alkyl carbamates (subject to hydrolysis) is 1. The number of esters is 1. The van der Waals surface area contributed by atoms with Crippen molar-refractivity contribution < 1.29 is 38.5 Å².